The van der Waals surface area contributed by atoms with Crippen molar-refractivity contribution in [3.8, 4) is 0 Å². The highest BCUT2D eigenvalue weighted by atomic mass is 16.3. The molecule has 23 heavy (non-hydrogen) atoms. The Balaban J connectivity index is 1.63. The SMILES string of the molecule is CCCc1cc(C(=O)NCc2ccc(C3CC3C)o2)cc(=O)[nH]1. The van der Waals surface area contributed by atoms with E-state index in [0.717, 1.165) is 30.1 Å². The van der Waals surface area contributed by atoms with Gasteiger partial charge in [0, 0.05) is 23.2 Å². The molecular weight excluding hydrogens is 292 g/mol. The van der Waals surface area contributed by atoms with Gasteiger partial charge < -0.3 is 14.7 Å². The van der Waals surface area contributed by atoms with E-state index in [1.54, 1.807) is 6.07 Å². The maximum Gasteiger partial charge on any atom is 0.251 e. The zero-order chi connectivity index (χ0) is 16.4. The van der Waals surface area contributed by atoms with Gasteiger partial charge in [-0.2, -0.15) is 0 Å². The van der Waals surface area contributed by atoms with Crippen LogP contribution < -0.4 is 10.9 Å². The van der Waals surface area contributed by atoms with Gasteiger partial charge in [0.1, 0.15) is 11.5 Å². The number of aromatic amines is 1. The monoisotopic (exact) mass is 314 g/mol. The highest BCUT2D eigenvalue weighted by Gasteiger charge is 2.36. The second kappa shape index (κ2) is 6.44. The Morgan fingerprint density at radius 3 is 2.87 bits per heavy atom. The Morgan fingerprint density at radius 1 is 1.39 bits per heavy atom. The second-order valence-corrected chi connectivity index (χ2v) is 6.31. The third kappa shape index (κ3) is 3.73. The number of rotatable bonds is 6. The second-order valence-electron chi connectivity index (χ2n) is 6.31. The Morgan fingerprint density at radius 2 is 2.17 bits per heavy atom. The van der Waals surface area contributed by atoms with Crippen molar-refractivity contribution in [2.45, 2.75) is 45.6 Å². The molecule has 1 aliphatic carbocycles. The normalized spacial score (nSPS) is 19.6. The summed E-state index contributed by atoms with van der Waals surface area (Å²) in [5.74, 6) is 2.71. The molecule has 2 unspecified atom stereocenters. The first-order valence-electron chi connectivity index (χ1n) is 8.17. The lowest BCUT2D eigenvalue weighted by molar-refractivity contribution is 0.0947. The third-order valence-corrected chi connectivity index (χ3v) is 4.26. The molecule has 1 fully saturated rings. The average Bonchev–Trinajstić information content (AvgIpc) is 3.07. The number of carbonyl (C=O) groups is 1. The van der Waals surface area contributed by atoms with Crippen LogP contribution in [0.1, 0.15) is 60.2 Å². The van der Waals surface area contributed by atoms with Gasteiger partial charge in [-0.15, -0.1) is 0 Å². The van der Waals surface area contributed by atoms with Crippen molar-refractivity contribution in [2.75, 3.05) is 0 Å². The van der Waals surface area contributed by atoms with E-state index in [4.69, 9.17) is 4.42 Å². The molecule has 2 aromatic rings. The van der Waals surface area contributed by atoms with Crippen LogP contribution >= 0.6 is 0 Å². The number of nitrogens with one attached hydrogen (secondary N) is 2. The first-order valence-corrected chi connectivity index (χ1v) is 8.17. The lowest BCUT2D eigenvalue weighted by atomic mass is 10.1. The number of furan rings is 1. The smallest absolute Gasteiger partial charge is 0.251 e. The van der Waals surface area contributed by atoms with Crippen LogP contribution in [0.15, 0.2) is 33.5 Å². The molecule has 2 aromatic heterocycles. The zero-order valence-corrected chi connectivity index (χ0v) is 13.5. The van der Waals surface area contributed by atoms with Gasteiger partial charge in [-0.1, -0.05) is 20.3 Å². The molecule has 0 aliphatic heterocycles. The summed E-state index contributed by atoms with van der Waals surface area (Å²) in [6.45, 7) is 4.56. The molecule has 0 bridgehead atoms. The lowest BCUT2D eigenvalue weighted by Gasteiger charge is -2.05. The van der Waals surface area contributed by atoms with E-state index in [9.17, 15) is 9.59 Å². The molecule has 1 aliphatic rings. The van der Waals surface area contributed by atoms with E-state index in [1.165, 1.54) is 12.5 Å². The van der Waals surface area contributed by atoms with Gasteiger partial charge in [0.15, 0.2) is 0 Å². The molecule has 122 valence electrons. The molecular formula is C18H22N2O3. The van der Waals surface area contributed by atoms with Crippen molar-refractivity contribution in [3.05, 3.63) is 57.4 Å². The molecule has 2 N–H and O–H groups in total. The minimum Gasteiger partial charge on any atom is -0.464 e. The fourth-order valence-electron chi connectivity index (χ4n) is 2.81. The molecule has 5 heteroatoms. The Kier molecular flexibility index (Phi) is 4.37. The van der Waals surface area contributed by atoms with E-state index < -0.39 is 0 Å². The molecule has 3 rings (SSSR count). The van der Waals surface area contributed by atoms with Crippen molar-refractivity contribution >= 4 is 5.91 Å². The zero-order valence-electron chi connectivity index (χ0n) is 13.5. The van der Waals surface area contributed by atoms with E-state index in [-0.39, 0.29) is 11.5 Å². The van der Waals surface area contributed by atoms with Crippen LogP contribution in [0.4, 0.5) is 0 Å². The maximum absolute atomic E-state index is 12.2. The van der Waals surface area contributed by atoms with Crippen molar-refractivity contribution < 1.29 is 9.21 Å². The van der Waals surface area contributed by atoms with E-state index in [0.29, 0.717) is 23.9 Å². The van der Waals surface area contributed by atoms with Gasteiger partial charge >= 0.3 is 0 Å². The molecule has 2 heterocycles. The first kappa shape index (κ1) is 15.6. The van der Waals surface area contributed by atoms with Crippen LogP contribution in [0.3, 0.4) is 0 Å². The van der Waals surface area contributed by atoms with Crippen molar-refractivity contribution in [1.29, 1.82) is 0 Å². The Bertz CT molecular complexity index is 760. The summed E-state index contributed by atoms with van der Waals surface area (Å²) < 4.78 is 5.77. The summed E-state index contributed by atoms with van der Waals surface area (Å²) in [6.07, 6.45) is 2.83. The molecule has 0 saturated heterocycles. The number of aromatic nitrogens is 1. The minimum atomic E-state index is -0.258. The fourth-order valence-corrected chi connectivity index (χ4v) is 2.81. The van der Waals surface area contributed by atoms with Crippen LogP contribution in [0, 0.1) is 5.92 Å². The van der Waals surface area contributed by atoms with Crippen molar-refractivity contribution in [3.63, 3.8) is 0 Å². The molecule has 2 atom stereocenters. The van der Waals surface area contributed by atoms with E-state index in [1.807, 2.05) is 19.1 Å². The van der Waals surface area contributed by atoms with Gasteiger partial charge in [0.05, 0.1) is 6.54 Å². The maximum atomic E-state index is 12.2. The molecule has 1 amide bonds. The highest BCUT2D eigenvalue weighted by molar-refractivity contribution is 5.94. The summed E-state index contributed by atoms with van der Waals surface area (Å²) in [7, 11) is 0. The van der Waals surface area contributed by atoms with Gasteiger partial charge in [-0.25, -0.2) is 0 Å². The van der Waals surface area contributed by atoms with E-state index >= 15 is 0 Å². The van der Waals surface area contributed by atoms with Crippen LogP contribution in [-0.2, 0) is 13.0 Å². The average molecular weight is 314 g/mol. The van der Waals surface area contributed by atoms with E-state index in [2.05, 4.69) is 17.2 Å². The molecule has 1 saturated carbocycles. The number of pyridine rings is 1. The molecule has 0 spiro atoms. The number of hydrogen-bond acceptors (Lipinski definition) is 3. The van der Waals surface area contributed by atoms with Gasteiger partial charge in [-0.05, 0) is 37.0 Å². The third-order valence-electron chi connectivity index (χ3n) is 4.26. The van der Waals surface area contributed by atoms with Gasteiger partial charge in [-0.3, -0.25) is 9.59 Å². The number of H-pyrrole nitrogens is 1. The van der Waals surface area contributed by atoms with Crippen molar-refractivity contribution in [2.24, 2.45) is 5.92 Å². The molecule has 5 nitrogen and oxygen atoms in total. The molecule has 0 radical (unpaired) electrons. The van der Waals surface area contributed by atoms with Crippen molar-refractivity contribution in [1.82, 2.24) is 10.3 Å². The minimum absolute atomic E-state index is 0.246. The summed E-state index contributed by atoms with van der Waals surface area (Å²) in [6, 6.07) is 6.96. The summed E-state index contributed by atoms with van der Waals surface area (Å²) in [5, 5.41) is 2.81. The lowest BCUT2D eigenvalue weighted by Crippen LogP contribution is -2.24. The molecule has 0 aromatic carbocycles. The largest absolute Gasteiger partial charge is 0.464 e. The van der Waals surface area contributed by atoms with Crippen LogP contribution in [-0.4, -0.2) is 10.9 Å². The van der Waals surface area contributed by atoms with Crippen LogP contribution in [0.2, 0.25) is 0 Å². The standard InChI is InChI=1S/C18H22N2O3/c1-3-4-13-8-12(9-17(21)20-13)18(22)19-10-14-5-6-16(23-14)15-7-11(15)2/h5-6,8-9,11,15H,3-4,7,10H2,1-2H3,(H,19,22)(H,20,21). The number of carbonyl (C=O) groups excluding carboxylic acids is 1. The first-order chi connectivity index (χ1) is 11.1. The predicted octanol–water partition coefficient (Wildman–Crippen LogP) is 2.97. The predicted molar refractivity (Wildman–Crippen MR) is 87.5 cm³/mol. The summed E-state index contributed by atoms with van der Waals surface area (Å²) in [5.41, 5.74) is 0.928. The van der Waals surface area contributed by atoms with Crippen LogP contribution in [0.5, 0.6) is 0 Å². The van der Waals surface area contributed by atoms with Crippen LogP contribution in [0.25, 0.3) is 0 Å². The Labute approximate surface area is 135 Å². The quantitative estimate of drug-likeness (QED) is 0.860. The number of hydrogen-bond donors (Lipinski definition) is 2. The Hall–Kier alpha value is -2.30. The van der Waals surface area contributed by atoms with Gasteiger partial charge in [0.25, 0.3) is 5.91 Å². The number of aryl methyl sites for hydroxylation is 1. The van der Waals surface area contributed by atoms with Gasteiger partial charge in [0.2, 0.25) is 5.56 Å². The fraction of sp³-hybridized carbons (Fsp3) is 0.444. The summed E-state index contributed by atoms with van der Waals surface area (Å²) >= 11 is 0. The highest BCUT2D eigenvalue weighted by Crippen LogP contribution is 2.47. The summed E-state index contributed by atoms with van der Waals surface area (Å²) in [4.78, 5) is 26.6. The number of amides is 1. The topological polar surface area (TPSA) is 75.1 Å².